The summed E-state index contributed by atoms with van der Waals surface area (Å²) >= 11 is 6.06. The van der Waals surface area contributed by atoms with Crippen molar-refractivity contribution < 1.29 is 19.1 Å². The van der Waals surface area contributed by atoms with Gasteiger partial charge in [-0.2, -0.15) is 0 Å². The molecular formula is C20H19ClN2O4. The second-order valence-electron chi connectivity index (χ2n) is 5.67. The topological polar surface area (TPSA) is 84.5 Å². The summed E-state index contributed by atoms with van der Waals surface area (Å²) in [5.74, 6) is -1.34. The number of carbonyl (C=O) groups excluding carboxylic acids is 3. The van der Waals surface area contributed by atoms with Crippen LogP contribution in [0.3, 0.4) is 0 Å². The number of hydrogen-bond acceptors (Lipinski definition) is 4. The number of methoxy groups -OCH3 is 1. The molecule has 2 N–H and O–H groups in total. The molecule has 0 aliphatic heterocycles. The van der Waals surface area contributed by atoms with Crippen molar-refractivity contribution in [2.24, 2.45) is 0 Å². The first-order valence-corrected chi connectivity index (χ1v) is 8.47. The van der Waals surface area contributed by atoms with E-state index in [4.69, 9.17) is 11.6 Å². The Morgan fingerprint density at radius 1 is 1.15 bits per heavy atom. The molecule has 0 atom stereocenters. The van der Waals surface area contributed by atoms with Crippen molar-refractivity contribution >= 4 is 41.1 Å². The van der Waals surface area contributed by atoms with Crippen molar-refractivity contribution in [1.29, 1.82) is 0 Å². The van der Waals surface area contributed by atoms with Crippen LogP contribution in [0, 0.1) is 6.92 Å². The van der Waals surface area contributed by atoms with Crippen LogP contribution >= 0.6 is 11.6 Å². The molecule has 7 heteroatoms. The number of halogens is 1. The fourth-order valence-electron chi connectivity index (χ4n) is 2.13. The van der Waals surface area contributed by atoms with Crippen molar-refractivity contribution in [3.8, 4) is 0 Å². The molecule has 2 amide bonds. The molecule has 0 radical (unpaired) electrons. The molecule has 2 aromatic rings. The van der Waals surface area contributed by atoms with Gasteiger partial charge in [-0.05, 0) is 48.4 Å². The predicted octanol–water partition coefficient (Wildman–Crippen LogP) is 3.20. The number of benzene rings is 2. The molecule has 2 aromatic carbocycles. The maximum absolute atomic E-state index is 12.1. The highest BCUT2D eigenvalue weighted by Gasteiger charge is 2.09. The Balaban J connectivity index is 1.99. The Labute approximate surface area is 162 Å². The van der Waals surface area contributed by atoms with Gasteiger partial charge in [0.2, 0.25) is 5.91 Å². The predicted molar refractivity (Wildman–Crippen MR) is 105 cm³/mol. The lowest BCUT2D eigenvalue weighted by molar-refractivity contribution is -0.139. The van der Waals surface area contributed by atoms with E-state index in [0.717, 1.165) is 11.1 Å². The zero-order chi connectivity index (χ0) is 19.8. The lowest BCUT2D eigenvalue weighted by Gasteiger charge is -2.07. The van der Waals surface area contributed by atoms with E-state index in [2.05, 4.69) is 15.4 Å². The number of anilines is 1. The maximum atomic E-state index is 12.1. The zero-order valence-electron chi connectivity index (χ0n) is 14.9. The first-order valence-electron chi connectivity index (χ1n) is 8.09. The summed E-state index contributed by atoms with van der Waals surface area (Å²) in [6.45, 7) is 1.67. The van der Waals surface area contributed by atoms with Crippen LogP contribution in [-0.2, 0) is 14.3 Å². The number of aryl methyl sites for hydroxylation is 1. The molecule has 2 rings (SSSR count). The Morgan fingerprint density at radius 2 is 1.93 bits per heavy atom. The third-order valence-corrected chi connectivity index (χ3v) is 4.04. The van der Waals surface area contributed by atoms with Gasteiger partial charge in [-0.15, -0.1) is 0 Å². The number of ether oxygens (including phenoxy) is 1. The van der Waals surface area contributed by atoms with Gasteiger partial charge in [-0.25, -0.2) is 0 Å². The fourth-order valence-corrected chi connectivity index (χ4v) is 2.32. The second-order valence-corrected chi connectivity index (χ2v) is 6.08. The number of rotatable bonds is 6. The second kappa shape index (κ2) is 9.54. The van der Waals surface area contributed by atoms with Gasteiger partial charge >= 0.3 is 5.97 Å². The molecule has 0 aliphatic rings. The molecule has 0 aromatic heterocycles. The molecule has 0 unspecified atom stereocenters. The monoisotopic (exact) mass is 386 g/mol. The summed E-state index contributed by atoms with van der Waals surface area (Å²) in [7, 11) is 1.24. The van der Waals surface area contributed by atoms with E-state index >= 15 is 0 Å². The van der Waals surface area contributed by atoms with E-state index in [-0.39, 0.29) is 12.5 Å². The largest absolute Gasteiger partial charge is 0.468 e. The van der Waals surface area contributed by atoms with Crippen molar-refractivity contribution in [2.75, 3.05) is 19.0 Å². The highest BCUT2D eigenvalue weighted by molar-refractivity contribution is 6.31. The molecule has 0 aliphatic carbocycles. The normalized spacial score (nSPS) is 10.5. The molecule has 0 saturated heterocycles. The lowest BCUT2D eigenvalue weighted by atomic mass is 10.1. The first-order chi connectivity index (χ1) is 12.9. The Bertz CT molecular complexity index is 893. The lowest BCUT2D eigenvalue weighted by Crippen LogP contribution is -2.30. The molecule has 0 spiro atoms. The zero-order valence-corrected chi connectivity index (χ0v) is 15.7. The summed E-state index contributed by atoms with van der Waals surface area (Å²) < 4.78 is 4.46. The molecular weight excluding hydrogens is 368 g/mol. The summed E-state index contributed by atoms with van der Waals surface area (Å²) in [6, 6.07) is 11.9. The van der Waals surface area contributed by atoms with Crippen LogP contribution in [0.1, 0.15) is 21.5 Å². The van der Waals surface area contributed by atoms with Crippen LogP contribution in [0.15, 0.2) is 48.5 Å². The molecule has 140 valence electrons. The molecule has 0 heterocycles. The van der Waals surface area contributed by atoms with E-state index in [1.165, 1.54) is 19.3 Å². The minimum Gasteiger partial charge on any atom is -0.468 e. The molecule has 27 heavy (non-hydrogen) atoms. The van der Waals surface area contributed by atoms with Gasteiger partial charge in [0.05, 0.1) is 7.11 Å². The van der Waals surface area contributed by atoms with Crippen molar-refractivity contribution in [2.45, 2.75) is 6.92 Å². The van der Waals surface area contributed by atoms with Crippen molar-refractivity contribution in [1.82, 2.24) is 5.32 Å². The van der Waals surface area contributed by atoms with E-state index < -0.39 is 11.9 Å². The van der Waals surface area contributed by atoms with Crippen LogP contribution < -0.4 is 10.6 Å². The smallest absolute Gasteiger partial charge is 0.325 e. The molecule has 0 saturated carbocycles. The highest BCUT2D eigenvalue weighted by Crippen LogP contribution is 2.17. The van der Waals surface area contributed by atoms with Gasteiger partial charge in [0.1, 0.15) is 6.54 Å². The number of amides is 2. The number of nitrogens with one attached hydrogen (secondary N) is 2. The molecule has 0 fully saturated rings. The van der Waals surface area contributed by atoms with Crippen LogP contribution in [0.2, 0.25) is 5.02 Å². The van der Waals surface area contributed by atoms with E-state index in [1.807, 2.05) is 19.1 Å². The van der Waals surface area contributed by atoms with Crippen LogP contribution in [0.25, 0.3) is 6.08 Å². The minimum absolute atomic E-state index is 0.228. The summed E-state index contributed by atoms with van der Waals surface area (Å²) in [4.78, 5) is 35.2. The van der Waals surface area contributed by atoms with Gasteiger partial charge in [-0.3, -0.25) is 14.4 Å². The van der Waals surface area contributed by atoms with Crippen LogP contribution in [-0.4, -0.2) is 31.4 Å². The van der Waals surface area contributed by atoms with Gasteiger partial charge in [0.15, 0.2) is 0 Å². The average molecular weight is 387 g/mol. The molecule has 0 bridgehead atoms. The van der Waals surface area contributed by atoms with Crippen LogP contribution in [0.5, 0.6) is 0 Å². The quantitative estimate of drug-likeness (QED) is 0.589. The number of carbonyl (C=O) groups is 3. The molecule has 6 nitrogen and oxygen atoms in total. The SMILES string of the molecule is COC(=O)CNC(=O)c1cccc(NC(=O)/C=C/c2ccc(C)c(Cl)c2)c1. The fraction of sp³-hybridized carbons (Fsp3) is 0.150. The van der Waals surface area contributed by atoms with Gasteiger partial charge in [0.25, 0.3) is 5.91 Å². The van der Waals surface area contributed by atoms with E-state index in [9.17, 15) is 14.4 Å². The van der Waals surface area contributed by atoms with Crippen molar-refractivity contribution in [3.63, 3.8) is 0 Å². The standard InChI is InChI=1S/C20H19ClN2O4/c1-13-6-7-14(10-17(13)21)8-9-18(24)23-16-5-3-4-15(11-16)20(26)22-12-19(25)27-2/h3-11H,12H2,1-2H3,(H,22,26)(H,23,24)/b9-8+. The first kappa shape index (κ1) is 20.2. The Morgan fingerprint density at radius 3 is 2.63 bits per heavy atom. The summed E-state index contributed by atoms with van der Waals surface area (Å²) in [6.07, 6.45) is 3.03. The van der Waals surface area contributed by atoms with E-state index in [0.29, 0.717) is 16.3 Å². The Kier molecular flexibility index (Phi) is 7.14. The van der Waals surface area contributed by atoms with Crippen LogP contribution in [0.4, 0.5) is 5.69 Å². The highest BCUT2D eigenvalue weighted by atomic mass is 35.5. The summed E-state index contributed by atoms with van der Waals surface area (Å²) in [5.41, 5.74) is 2.53. The van der Waals surface area contributed by atoms with E-state index in [1.54, 1.807) is 30.3 Å². The maximum Gasteiger partial charge on any atom is 0.325 e. The van der Waals surface area contributed by atoms with Gasteiger partial charge in [-0.1, -0.05) is 29.8 Å². The number of hydrogen-bond donors (Lipinski definition) is 2. The summed E-state index contributed by atoms with van der Waals surface area (Å²) in [5, 5.41) is 5.74. The Hall–Kier alpha value is -3.12. The third kappa shape index (κ3) is 6.27. The average Bonchev–Trinajstić information content (AvgIpc) is 2.66. The third-order valence-electron chi connectivity index (χ3n) is 3.64. The number of esters is 1. The van der Waals surface area contributed by atoms with Gasteiger partial charge < -0.3 is 15.4 Å². The van der Waals surface area contributed by atoms with Gasteiger partial charge in [0, 0.05) is 22.3 Å². The minimum atomic E-state index is -0.547. The van der Waals surface area contributed by atoms with Crippen molar-refractivity contribution in [3.05, 3.63) is 70.3 Å².